The molecule has 0 amide bonds. The van der Waals surface area contributed by atoms with Gasteiger partial charge in [-0.2, -0.15) is 0 Å². The van der Waals surface area contributed by atoms with Gasteiger partial charge in [0.1, 0.15) is 0 Å². The zero-order valence-electron chi connectivity index (χ0n) is 11.3. The normalized spacial score (nSPS) is 26.8. The molecule has 1 heterocycles. The summed E-state index contributed by atoms with van der Waals surface area (Å²) in [6.45, 7) is 4.12. The van der Waals surface area contributed by atoms with Gasteiger partial charge in [0, 0.05) is 27.0 Å². The number of hydrogen-bond acceptors (Lipinski definition) is 1. The van der Waals surface area contributed by atoms with Gasteiger partial charge in [-0.15, -0.1) is 0 Å². The molecule has 0 bridgehead atoms. The maximum Gasteiger partial charge on any atom is 0.0864 e. The summed E-state index contributed by atoms with van der Waals surface area (Å²) in [7, 11) is 0. The van der Waals surface area contributed by atoms with Gasteiger partial charge in [0.15, 0.2) is 0 Å². The first kappa shape index (κ1) is 14.0. The third-order valence-electron chi connectivity index (χ3n) is 4.42. The fraction of sp³-hybridized carbons (Fsp3) is 0.278. The van der Waals surface area contributed by atoms with Gasteiger partial charge in [-0.05, 0) is 35.1 Å². The van der Waals surface area contributed by atoms with Crippen LogP contribution in [0.3, 0.4) is 0 Å². The SMILES string of the molecule is [CH2-]C1CC2c3ccccc3Cc3ccccc3C2O1.[W]. The van der Waals surface area contributed by atoms with Crippen LogP contribution in [0.1, 0.15) is 40.7 Å². The van der Waals surface area contributed by atoms with E-state index in [2.05, 4.69) is 55.5 Å². The van der Waals surface area contributed by atoms with Crippen molar-refractivity contribution in [2.24, 2.45) is 0 Å². The second-order valence-electron chi connectivity index (χ2n) is 5.60. The Kier molecular flexibility index (Phi) is 3.84. The summed E-state index contributed by atoms with van der Waals surface area (Å²) in [5.74, 6) is 0.461. The molecule has 3 atom stereocenters. The molecule has 1 nitrogen and oxygen atoms in total. The molecule has 0 saturated carbocycles. The van der Waals surface area contributed by atoms with Crippen LogP contribution >= 0.6 is 0 Å². The molecule has 2 heteroatoms. The van der Waals surface area contributed by atoms with Gasteiger partial charge in [-0.1, -0.05) is 54.6 Å². The molecule has 20 heavy (non-hydrogen) atoms. The van der Waals surface area contributed by atoms with Gasteiger partial charge in [0.25, 0.3) is 0 Å². The molecule has 0 aromatic heterocycles. The van der Waals surface area contributed by atoms with Crippen LogP contribution in [0.15, 0.2) is 48.5 Å². The number of rotatable bonds is 0. The van der Waals surface area contributed by atoms with Gasteiger partial charge < -0.3 is 11.7 Å². The maximum atomic E-state index is 6.12. The smallest absolute Gasteiger partial charge is 0.0864 e. The summed E-state index contributed by atoms with van der Waals surface area (Å²) >= 11 is 0. The third kappa shape index (κ3) is 2.18. The Balaban J connectivity index is 0.00000121. The molecule has 1 aliphatic carbocycles. The van der Waals surface area contributed by atoms with Gasteiger partial charge in [0.2, 0.25) is 0 Å². The van der Waals surface area contributed by atoms with E-state index in [0.29, 0.717) is 5.92 Å². The van der Waals surface area contributed by atoms with Gasteiger partial charge in [0.05, 0.1) is 6.10 Å². The van der Waals surface area contributed by atoms with Crippen LogP contribution in [0.2, 0.25) is 0 Å². The maximum absolute atomic E-state index is 6.12. The molecule has 2 aromatic carbocycles. The first-order valence-electron chi connectivity index (χ1n) is 6.97. The molecule has 1 saturated heterocycles. The van der Waals surface area contributed by atoms with E-state index in [0.717, 1.165) is 12.8 Å². The van der Waals surface area contributed by atoms with Crippen LogP contribution in [0.5, 0.6) is 0 Å². The summed E-state index contributed by atoms with van der Waals surface area (Å²) in [4.78, 5) is 0. The minimum Gasteiger partial charge on any atom is -0.402 e. The average molecular weight is 433 g/mol. The molecule has 2 aliphatic rings. The van der Waals surface area contributed by atoms with Crippen LogP contribution in [0, 0.1) is 6.92 Å². The minimum atomic E-state index is 0. The van der Waals surface area contributed by atoms with E-state index < -0.39 is 0 Å². The molecule has 0 radical (unpaired) electrons. The van der Waals surface area contributed by atoms with Crippen LogP contribution in [-0.4, -0.2) is 6.10 Å². The Morgan fingerprint density at radius 2 is 1.50 bits per heavy atom. The van der Waals surface area contributed by atoms with E-state index in [4.69, 9.17) is 4.74 Å². The molecule has 0 N–H and O–H groups in total. The first-order valence-corrected chi connectivity index (χ1v) is 6.97. The summed E-state index contributed by atoms with van der Waals surface area (Å²) in [5, 5.41) is 0. The Labute approximate surface area is 134 Å². The largest absolute Gasteiger partial charge is 0.402 e. The average Bonchev–Trinajstić information content (AvgIpc) is 2.76. The van der Waals surface area contributed by atoms with E-state index in [1.54, 1.807) is 0 Å². The monoisotopic (exact) mass is 433 g/mol. The Hall–Kier alpha value is -0.912. The zero-order chi connectivity index (χ0) is 12.8. The van der Waals surface area contributed by atoms with Crippen molar-refractivity contribution in [2.45, 2.75) is 31.0 Å². The molecule has 3 unspecified atom stereocenters. The van der Waals surface area contributed by atoms with Crippen LogP contribution < -0.4 is 0 Å². The predicted molar refractivity (Wildman–Crippen MR) is 76.0 cm³/mol. The van der Waals surface area contributed by atoms with Crippen molar-refractivity contribution in [3.05, 3.63) is 77.7 Å². The molecular formula is C18H17OW-. The van der Waals surface area contributed by atoms with Crippen LogP contribution in [0.4, 0.5) is 0 Å². The zero-order valence-corrected chi connectivity index (χ0v) is 14.2. The third-order valence-corrected chi connectivity index (χ3v) is 4.42. The summed E-state index contributed by atoms with van der Waals surface area (Å²) in [6, 6.07) is 17.5. The fourth-order valence-corrected chi connectivity index (χ4v) is 3.58. The predicted octanol–water partition coefficient (Wildman–Crippen LogP) is 4.04. The molecule has 4 rings (SSSR count). The number of hydrogen-bond donors (Lipinski definition) is 0. The van der Waals surface area contributed by atoms with Crippen LogP contribution in [0.25, 0.3) is 0 Å². The van der Waals surface area contributed by atoms with E-state index in [-0.39, 0.29) is 33.3 Å². The van der Waals surface area contributed by atoms with Crippen molar-refractivity contribution in [1.29, 1.82) is 0 Å². The van der Waals surface area contributed by atoms with Crippen molar-refractivity contribution in [3.8, 4) is 0 Å². The second-order valence-corrected chi connectivity index (χ2v) is 5.60. The first-order chi connectivity index (χ1) is 9.33. The van der Waals surface area contributed by atoms with E-state index >= 15 is 0 Å². The second kappa shape index (κ2) is 5.47. The van der Waals surface area contributed by atoms with Crippen LogP contribution in [-0.2, 0) is 32.2 Å². The molecule has 2 aromatic rings. The van der Waals surface area contributed by atoms with Crippen molar-refractivity contribution in [3.63, 3.8) is 0 Å². The quantitative estimate of drug-likeness (QED) is 0.571. The molecule has 102 valence electrons. The standard InChI is InChI=1S/C18H17O.W/c1-12-10-17-15-8-4-2-6-13(15)11-14-7-3-5-9-16(14)18(17)19-12;/h2-9,12,17-18H,1,10-11H2;/q-1;. The Bertz CT molecular complexity index is 569. The molecule has 1 aliphatic heterocycles. The Morgan fingerprint density at radius 1 is 0.900 bits per heavy atom. The molecular weight excluding hydrogens is 416 g/mol. The summed E-state index contributed by atoms with van der Waals surface area (Å²) in [5.41, 5.74) is 5.65. The number of fused-ring (bicyclic) bond motifs is 5. The van der Waals surface area contributed by atoms with Crippen molar-refractivity contribution in [2.75, 3.05) is 0 Å². The minimum absolute atomic E-state index is 0. The van der Waals surface area contributed by atoms with Gasteiger partial charge >= 0.3 is 0 Å². The summed E-state index contributed by atoms with van der Waals surface area (Å²) < 4.78 is 6.12. The number of benzene rings is 2. The fourth-order valence-electron chi connectivity index (χ4n) is 3.58. The number of ether oxygens (including phenoxy) is 1. The van der Waals surface area contributed by atoms with Crippen molar-refractivity contribution in [1.82, 2.24) is 0 Å². The Morgan fingerprint density at radius 3 is 2.25 bits per heavy atom. The van der Waals surface area contributed by atoms with Gasteiger partial charge in [-0.25, -0.2) is 0 Å². The molecule has 1 fully saturated rings. The van der Waals surface area contributed by atoms with E-state index in [1.165, 1.54) is 22.3 Å². The van der Waals surface area contributed by atoms with E-state index in [1.807, 2.05) is 0 Å². The van der Waals surface area contributed by atoms with Crippen molar-refractivity contribution >= 4 is 0 Å². The van der Waals surface area contributed by atoms with E-state index in [9.17, 15) is 0 Å². The molecule has 0 spiro atoms. The van der Waals surface area contributed by atoms with Crippen molar-refractivity contribution < 1.29 is 25.8 Å². The summed E-state index contributed by atoms with van der Waals surface area (Å²) in [6.07, 6.45) is 2.33. The van der Waals surface area contributed by atoms with Gasteiger partial charge in [-0.3, -0.25) is 0 Å². The topological polar surface area (TPSA) is 9.23 Å².